The number of carbonyl (C=O) groups is 2. The SMILES string of the molecule is O=C(NCCC(=O)N1CCCC1)c1cncc(O)c1. The summed E-state index contributed by atoms with van der Waals surface area (Å²) in [6, 6.07) is 1.34. The molecule has 1 fully saturated rings. The van der Waals surface area contributed by atoms with Crippen LogP contribution in [0, 0.1) is 0 Å². The van der Waals surface area contributed by atoms with Gasteiger partial charge in [-0.25, -0.2) is 0 Å². The standard InChI is InChI=1S/C13H17N3O3/c17-11-7-10(8-14-9-11)13(19)15-4-3-12(18)16-5-1-2-6-16/h7-9,17H,1-6H2,(H,15,19). The van der Waals surface area contributed by atoms with E-state index in [1.165, 1.54) is 18.5 Å². The first kappa shape index (κ1) is 13.3. The first-order valence-electron chi connectivity index (χ1n) is 6.37. The molecule has 1 saturated heterocycles. The predicted octanol–water partition coefficient (Wildman–Crippen LogP) is 0.529. The van der Waals surface area contributed by atoms with Crippen molar-refractivity contribution < 1.29 is 14.7 Å². The van der Waals surface area contributed by atoms with E-state index in [1.54, 1.807) is 0 Å². The molecule has 1 aromatic rings. The van der Waals surface area contributed by atoms with E-state index in [0.29, 0.717) is 13.0 Å². The molecule has 0 bridgehead atoms. The lowest BCUT2D eigenvalue weighted by molar-refractivity contribution is -0.129. The van der Waals surface area contributed by atoms with E-state index in [-0.39, 0.29) is 23.1 Å². The van der Waals surface area contributed by atoms with Crippen LogP contribution in [0.4, 0.5) is 0 Å². The van der Waals surface area contributed by atoms with Gasteiger partial charge in [-0.2, -0.15) is 0 Å². The summed E-state index contributed by atoms with van der Waals surface area (Å²) in [5, 5.41) is 11.9. The second-order valence-corrected chi connectivity index (χ2v) is 4.53. The largest absolute Gasteiger partial charge is 0.506 e. The van der Waals surface area contributed by atoms with Crippen LogP contribution in [0.2, 0.25) is 0 Å². The van der Waals surface area contributed by atoms with Gasteiger partial charge in [-0.3, -0.25) is 14.6 Å². The highest BCUT2D eigenvalue weighted by Crippen LogP contribution is 2.09. The van der Waals surface area contributed by atoms with Crippen LogP contribution in [0.15, 0.2) is 18.5 Å². The van der Waals surface area contributed by atoms with Crippen molar-refractivity contribution in [2.75, 3.05) is 19.6 Å². The molecule has 2 amide bonds. The van der Waals surface area contributed by atoms with Gasteiger partial charge in [0.1, 0.15) is 5.75 Å². The number of nitrogens with zero attached hydrogens (tertiary/aromatic N) is 2. The number of hydrogen-bond acceptors (Lipinski definition) is 4. The minimum atomic E-state index is -0.336. The number of aromatic hydroxyl groups is 1. The molecular weight excluding hydrogens is 246 g/mol. The van der Waals surface area contributed by atoms with Crippen LogP contribution >= 0.6 is 0 Å². The average molecular weight is 263 g/mol. The smallest absolute Gasteiger partial charge is 0.252 e. The van der Waals surface area contributed by atoms with Gasteiger partial charge >= 0.3 is 0 Å². The first-order valence-corrected chi connectivity index (χ1v) is 6.37. The Kier molecular flexibility index (Phi) is 4.33. The normalized spacial score (nSPS) is 14.4. The number of pyridine rings is 1. The summed E-state index contributed by atoms with van der Waals surface area (Å²) in [7, 11) is 0. The van der Waals surface area contributed by atoms with E-state index in [4.69, 9.17) is 0 Å². The highest BCUT2D eigenvalue weighted by molar-refractivity contribution is 5.94. The number of nitrogens with one attached hydrogen (secondary N) is 1. The van der Waals surface area contributed by atoms with Gasteiger partial charge in [-0.15, -0.1) is 0 Å². The third-order valence-corrected chi connectivity index (χ3v) is 3.07. The van der Waals surface area contributed by atoms with E-state index in [0.717, 1.165) is 25.9 Å². The molecule has 1 aliphatic rings. The summed E-state index contributed by atoms with van der Waals surface area (Å²) in [6.07, 6.45) is 5.06. The Hall–Kier alpha value is -2.11. The zero-order valence-electron chi connectivity index (χ0n) is 10.6. The molecular formula is C13H17N3O3. The van der Waals surface area contributed by atoms with Crippen molar-refractivity contribution in [2.24, 2.45) is 0 Å². The number of likely N-dealkylation sites (tertiary alicyclic amines) is 1. The van der Waals surface area contributed by atoms with Gasteiger partial charge in [-0.05, 0) is 18.9 Å². The Balaban J connectivity index is 1.76. The van der Waals surface area contributed by atoms with Crippen molar-refractivity contribution in [2.45, 2.75) is 19.3 Å². The van der Waals surface area contributed by atoms with Crippen LogP contribution in [0.3, 0.4) is 0 Å². The van der Waals surface area contributed by atoms with Crippen molar-refractivity contribution >= 4 is 11.8 Å². The molecule has 2 rings (SSSR count). The van der Waals surface area contributed by atoms with Crippen LogP contribution in [0.5, 0.6) is 5.75 Å². The third-order valence-electron chi connectivity index (χ3n) is 3.07. The number of aromatic nitrogens is 1. The zero-order chi connectivity index (χ0) is 13.7. The van der Waals surface area contributed by atoms with E-state index in [2.05, 4.69) is 10.3 Å². The van der Waals surface area contributed by atoms with Gasteiger partial charge in [-0.1, -0.05) is 0 Å². The van der Waals surface area contributed by atoms with E-state index >= 15 is 0 Å². The molecule has 0 unspecified atom stereocenters. The maximum atomic E-state index is 11.7. The third kappa shape index (κ3) is 3.67. The lowest BCUT2D eigenvalue weighted by atomic mass is 10.2. The van der Waals surface area contributed by atoms with Gasteiger partial charge in [0, 0.05) is 32.3 Å². The second kappa shape index (κ2) is 6.17. The number of hydrogen-bond donors (Lipinski definition) is 2. The molecule has 0 aromatic carbocycles. The fourth-order valence-corrected chi connectivity index (χ4v) is 2.06. The Bertz CT molecular complexity index is 470. The molecule has 0 saturated carbocycles. The summed E-state index contributed by atoms with van der Waals surface area (Å²) in [5.74, 6) is -0.315. The van der Waals surface area contributed by atoms with Crippen molar-refractivity contribution in [1.82, 2.24) is 15.2 Å². The quantitative estimate of drug-likeness (QED) is 0.830. The fourth-order valence-electron chi connectivity index (χ4n) is 2.06. The maximum absolute atomic E-state index is 11.7. The Morgan fingerprint density at radius 3 is 2.74 bits per heavy atom. The van der Waals surface area contributed by atoms with Gasteiger partial charge in [0.05, 0.1) is 11.8 Å². The van der Waals surface area contributed by atoms with Gasteiger partial charge in [0.15, 0.2) is 0 Å². The van der Waals surface area contributed by atoms with E-state index in [1.807, 2.05) is 4.90 Å². The minimum absolute atomic E-state index is 0.0548. The average Bonchev–Trinajstić information content (AvgIpc) is 2.92. The Morgan fingerprint density at radius 2 is 2.05 bits per heavy atom. The highest BCUT2D eigenvalue weighted by Gasteiger charge is 2.17. The van der Waals surface area contributed by atoms with Crippen LogP contribution in [0.1, 0.15) is 29.6 Å². The Labute approximate surface area is 111 Å². The number of amides is 2. The predicted molar refractivity (Wildman–Crippen MR) is 68.7 cm³/mol. The molecule has 2 N–H and O–H groups in total. The van der Waals surface area contributed by atoms with Crippen molar-refractivity contribution in [1.29, 1.82) is 0 Å². The minimum Gasteiger partial charge on any atom is -0.506 e. The van der Waals surface area contributed by atoms with Crippen molar-refractivity contribution in [3.8, 4) is 5.75 Å². The Morgan fingerprint density at radius 1 is 1.32 bits per heavy atom. The van der Waals surface area contributed by atoms with E-state index in [9.17, 15) is 14.7 Å². The monoisotopic (exact) mass is 263 g/mol. The molecule has 1 aliphatic heterocycles. The molecule has 0 atom stereocenters. The lowest BCUT2D eigenvalue weighted by Gasteiger charge is -2.15. The zero-order valence-corrected chi connectivity index (χ0v) is 10.6. The van der Waals surface area contributed by atoms with Crippen molar-refractivity contribution in [3.63, 3.8) is 0 Å². The van der Waals surface area contributed by atoms with Crippen LogP contribution in [-0.4, -0.2) is 46.4 Å². The molecule has 6 nitrogen and oxygen atoms in total. The van der Waals surface area contributed by atoms with Gasteiger partial charge in [0.2, 0.25) is 5.91 Å². The topological polar surface area (TPSA) is 82.5 Å². The molecule has 2 heterocycles. The van der Waals surface area contributed by atoms with Crippen molar-refractivity contribution in [3.05, 3.63) is 24.0 Å². The highest BCUT2D eigenvalue weighted by atomic mass is 16.3. The summed E-state index contributed by atoms with van der Waals surface area (Å²) < 4.78 is 0. The lowest BCUT2D eigenvalue weighted by Crippen LogP contribution is -2.32. The van der Waals surface area contributed by atoms with Crippen LogP contribution in [-0.2, 0) is 4.79 Å². The molecule has 0 spiro atoms. The summed E-state index contributed by atoms with van der Waals surface area (Å²) >= 11 is 0. The van der Waals surface area contributed by atoms with Gasteiger partial charge < -0.3 is 15.3 Å². The van der Waals surface area contributed by atoms with Crippen LogP contribution < -0.4 is 5.32 Å². The summed E-state index contributed by atoms with van der Waals surface area (Å²) in [4.78, 5) is 29.0. The molecule has 0 aliphatic carbocycles. The van der Waals surface area contributed by atoms with E-state index < -0.39 is 0 Å². The second-order valence-electron chi connectivity index (χ2n) is 4.53. The molecule has 19 heavy (non-hydrogen) atoms. The fraction of sp³-hybridized carbons (Fsp3) is 0.462. The molecule has 1 aromatic heterocycles. The molecule has 6 heteroatoms. The summed E-state index contributed by atoms with van der Waals surface area (Å²) in [5.41, 5.74) is 0.286. The summed E-state index contributed by atoms with van der Waals surface area (Å²) in [6.45, 7) is 1.94. The van der Waals surface area contributed by atoms with Gasteiger partial charge in [0.25, 0.3) is 5.91 Å². The maximum Gasteiger partial charge on any atom is 0.252 e. The molecule has 0 radical (unpaired) electrons. The molecule has 102 valence electrons. The number of carbonyl (C=O) groups excluding carboxylic acids is 2. The first-order chi connectivity index (χ1) is 9.16. The number of rotatable bonds is 4. The van der Waals surface area contributed by atoms with Crippen LogP contribution in [0.25, 0.3) is 0 Å².